The van der Waals surface area contributed by atoms with Crippen LogP contribution in [0.5, 0.6) is 0 Å². The van der Waals surface area contributed by atoms with Gasteiger partial charge in [0.2, 0.25) is 0 Å². The lowest BCUT2D eigenvalue weighted by atomic mass is 9.99. The molecule has 9 aromatic carbocycles. The van der Waals surface area contributed by atoms with Gasteiger partial charge in [-0.2, -0.15) is 0 Å². The van der Waals surface area contributed by atoms with Crippen LogP contribution in [0.3, 0.4) is 0 Å². The third-order valence-corrected chi connectivity index (χ3v) is 12.6. The third-order valence-electron chi connectivity index (χ3n) is 12.6. The van der Waals surface area contributed by atoms with Gasteiger partial charge >= 0.3 is 0 Å². The fraction of sp³-hybridized carbons (Fsp3) is 0. The van der Waals surface area contributed by atoms with Crippen molar-refractivity contribution in [2.75, 3.05) is 4.90 Å². The number of fused-ring (bicyclic) bond motifs is 15. The van der Waals surface area contributed by atoms with Gasteiger partial charge in [-0.15, -0.1) is 0 Å². The lowest BCUT2D eigenvalue weighted by molar-refractivity contribution is 0.668. The average Bonchev–Trinajstić information content (AvgIpc) is 4.04. The smallest absolute Gasteiger partial charge is 0.137 e. The molecule has 0 unspecified atom stereocenters. The molecule has 0 fully saturated rings. The zero-order valence-electron chi connectivity index (χ0n) is 31.6. The van der Waals surface area contributed by atoms with Crippen LogP contribution in [-0.2, 0) is 0 Å². The Morgan fingerprint density at radius 2 is 0.847 bits per heavy atom. The molecule has 5 nitrogen and oxygen atoms in total. The number of hydrogen-bond acceptors (Lipinski definition) is 3. The monoisotopic (exact) mass is 753 g/mol. The molecular formula is C54H31N3O2. The van der Waals surface area contributed by atoms with E-state index in [-0.39, 0.29) is 0 Å². The van der Waals surface area contributed by atoms with Crippen molar-refractivity contribution < 1.29 is 8.83 Å². The highest BCUT2D eigenvalue weighted by molar-refractivity contribution is 6.25. The summed E-state index contributed by atoms with van der Waals surface area (Å²) in [5, 5.41) is 9.52. The Bertz CT molecular complexity index is 4030. The molecule has 0 aliphatic rings. The van der Waals surface area contributed by atoms with Crippen LogP contribution in [0.25, 0.3) is 110 Å². The van der Waals surface area contributed by atoms with E-state index in [1.54, 1.807) is 0 Å². The first-order valence-corrected chi connectivity index (χ1v) is 20.1. The number of nitrogens with zero attached hydrogens (tertiary/aromatic N) is 3. The highest BCUT2D eigenvalue weighted by Crippen LogP contribution is 2.45. The fourth-order valence-corrected chi connectivity index (χ4v) is 10.1. The molecular weight excluding hydrogens is 723 g/mol. The Hall–Kier alpha value is -8.02. The van der Waals surface area contributed by atoms with E-state index in [9.17, 15) is 0 Å². The summed E-state index contributed by atoms with van der Waals surface area (Å²) in [6, 6.07) is 67.6. The second kappa shape index (κ2) is 11.3. The van der Waals surface area contributed by atoms with Gasteiger partial charge in [-0.25, -0.2) is 0 Å². The van der Waals surface area contributed by atoms with Crippen molar-refractivity contribution in [3.05, 3.63) is 188 Å². The van der Waals surface area contributed by atoms with Gasteiger partial charge < -0.3 is 22.5 Å². The summed E-state index contributed by atoms with van der Waals surface area (Å²) in [5.41, 5.74) is 16.1. The molecule has 0 aliphatic heterocycles. The van der Waals surface area contributed by atoms with Gasteiger partial charge in [-0.1, -0.05) is 109 Å². The molecule has 0 amide bonds. The lowest BCUT2D eigenvalue weighted by Gasteiger charge is -2.26. The minimum Gasteiger partial charge on any atom is -0.456 e. The van der Waals surface area contributed by atoms with E-state index in [1.165, 1.54) is 43.6 Å². The summed E-state index contributed by atoms with van der Waals surface area (Å²) in [6.45, 7) is 0. The van der Waals surface area contributed by atoms with Crippen molar-refractivity contribution in [2.45, 2.75) is 0 Å². The molecule has 0 saturated heterocycles. The van der Waals surface area contributed by atoms with E-state index >= 15 is 0 Å². The number of aromatic nitrogens is 2. The normalized spacial score (nSPS) is 12.4. The molecule has 5 aromatic heterocycles. The molecule has 0 bridgehead atoms. The maximum Gasteiger partial charge on any atom is 0.137 e. The van der Waals surface area contributed by atoms with Gasteiger partial charge in [-0.05, 0) is 83.9 Å². The van der Waals surface area contributed by atoms with Gasteiger partial charge in [0.15, 0.2) is 0 Å². The van der Waals surface area contributed by atoms with Crippen molar-refractivity contribution in [1.29, 1.82) is 0 Å². The number of benzene rings is 9. The highest BCUT2D eigenvalue weighted by Gasteiger charge is 2.23. The SMILES string of the molecule is c1ccc2c(c1)oc1cc(N(c3ccc(-c4cccc5oc6ccccc6c45)cc3)c3ccc4c(c3)n3c5ccccc5c5ccc6c7ccccc7n4c6c53)ccc12. The van der Waals surface area contributed by atoms with Gasteiger partial charge in [0.1, 0.15) is 22.3 Å². The Morgan fingerprint density at radius 1 is 0.322 bits per heavy atom. The number of anilines is 3. The summed E-state index contributed by atoms with van der Waals surface area (Å²) in [4.78, 5) is 2.36. The molecule has 0 atom stereocenters. The van der Waals surface area contributed by atoms with Crippen molar-refractivity contribution in [3.63, 3.8) is 0 Å². The van der Waals surface area contributed by atoms with Crippen LogP contribution in [0.15, 0.2) is 197 Å². The van der Waals surface area contributed by atoms with Crippen molar-refractivity contribution in [2.24, 2.45) is 0 Å². The van der Waals surface area contributed by atoms with Crippen LogP contribution in [0, 0.1) is 0 Å². The van der Waals surface area contributed by atoms with Crippen molar-refractivity contribution in [1.82, 2.24) is 8.80 Å². The van der Waals surface area contributed by atoms with Crippen LogP contribution in [0.4, 0.5) is 17.1 Å². The number of rotatable bonds is 4. The quantitative estimate of drug-likeness (QED) is 0.168. The Kier molecular flexibility index (Phi) is 5.96. The largest absolute Gasteiger partial charge is 0.456 e. The fourth-order valence-electron chi connectivity index (χ4n) is 10.1. The Balaban J connectivity index is 1.04. The summed E-state index contributed by atoms with van der Waals surface area (Å²) in [5.74, 6) is 0. The standard InChI is InChI=1S/C54H31N3O2/c1-5-15-44-37(10-1)41-27-28-42-38-11-2-6-16-45(38)57-47-30-34(25-29-46(47)56(44)53(41)54(42)57)55(35-24-26-40-39-12-3-7-17-48(39)59-51(40)31-35)33-22-20-32(21-23-33)36-14-9-19-50-52(36)43-13-4-8-18-49(43)58-50/h1-31H. The Morgan fingerprint density at radius 3 is 1.59 bits per heavy atom. The molecule has 274 valence electrons. The first-order chi connectivity index (χ1) is 29.3. The van der Waals surface area contributed by atoms with E-state index in [0.29, 0.717) is 0 Å². The summed E-state index contributed by atoms with van der Waals surface area (Å²) in [7, 11) is 0. The van der Waals surface area contributed by atoms with Gasteiger partial charge in [0.25, 0.3) is 0 Å². The van der Waals surface area contributed by atoms with Crippen molar-refractivity contribution in [3.8, 4) is 11.1 Å². The van der Waals surface area contributed by atoms with Crippen LogP contribution in [0.2, 0.25) is 0 Å². The average molecular weight is 754 g/mol. The van der Waals surface area contributed by atoms with Gasteiger partial charge in [-0.3, -0.25) is 0 Å². The maximum absolute atomic E-state index is 6.49. The van der Waals surface area contributed by atoms with Gasteiger partial charge in [0, 0.05) is 66.2 Å². The molecule has 14 rings (SSSR count). The molecule has 5 heterocycles. The molecule has 0 saturated carbocycles. The first kappa shape index (κ1) is 31.1. The number of furan rings is 2. The maximum atomic E-state index is 6.49. The zero-order valence-corrected chi connectivity index (χ0v) is 31.6. The number of para-hydroxylation sites is 4. The van der Waals surface area contributed by atoms with Crippen LogP contribution >= 0.6 is 0 Å². The number of hydrogen-bond donors (Lipinski definition) is 0. The molecule has 0 N–H and O–H groups in total. The molecule has 14 aromatic rings. The predicted octanol–water partition coefficient (Wildman–Crippen LogP) is 15.2. The summed E-state index contributed by atoms with van der Waals surface area (Å²) >= 11 is 0. The van der Waals surface area contributed by atoms with Crippen molar-refractivity contribution >= 4 is 116 Å². The van der Waals surface area contributed by atoms with E-state index < -0.39 is 0 Å². The topological polar surface area (TPSA) is 38.3 Å². The second-order valence-electron chi connectivity index (χ2n) is 15.7. The van der Waals surface area contributed by atoms with Crippen LogP contribution in [-0.4, -0.2) is 8.80 Å². The highest BCUT2D eigenvalue weighted by atomic mass is 16.3. The predicted molar refractivity (Wildman–Crippen MR) is 244 cm³/mol. The van der Waals surface area contributed by atoms with E-state index in [1.807, 2.05) is 24.3 Å². The van der Waals surface area contributed by atoms with Crippen LogP contribution < -0.4 is 4.90 Å². The summed E-state index contributed by atoms with van der Waals surface area (Å²) in [6.07, 6.45) is 0. The van der Waals surface area contributed by atoms with Crippen LogP contribution in [0.1, 0.15) is 0 Å². The lowest BCUT2D eigenvalue weighted by Crippen LogP contribution is -2.10. The Labute approximate surface area is 336 Å². The molecule has 0 radical (unpaired) electrons. The minimum absolute atomic E-state index is 0.857. The zero-order chi connectivity index (χ0) is 38.3. The minimum atomic E-state index is 0.857. The van der Waals surface area contributed by atoms with Gasteiger partial charge in [0.05, 0.1) is 33.1 Å². The molecule has 0 spiro atoms. The summed E-state index contributed by atoms with van der Waals surface area (Å²) < 4.78 is 17.7. The first-order valence-electron chi connectivity index (χ1n) is 20.1. The van der Waals surface area contributed by atoms with E-state index in [4.69, 9.17) is 8.83 Å². The molecule has 0 aliphatic carbocycles. The second-order valence-corrected chi connectivity index (χ2v) is 15.7. The molecule has 59 heavy (non-hydrogen) atoms. The van der Waals surface area contributed by atoms with E-state index in [0.717, 1.165) is 83.1 Å². The third kappa shape index (κ3) is 4.13. The molecule has 5 heteroatoms. The van der Waals surface area contributed by atoms with E-state index in [2.05, 4.69) is 177 Å².